The molecule has 1 N–H and O–H groups in total. The Kier molecular flexibility index (Phi) is 17.1. The van der Waals surface area contributed by atoms with Gasteiger partial charge in [0.2, 0.25) is 0 Å². The van der Waals surface area contributed by atoms with Gasteiger partial charge in [0.05, 0.1) is 30.9 Å². The predicted octanol–water partition coefficient (Wildman–Crippen LogP) is 8.29. The minimum absolute atomic E-state index is 0.132. The van der Waals surface area contributed by atoms with Crippen molar-refractivity contribution in [1.29, 1.82) is 0 Å². The Morgan fingerprint density at radius 2 is 1.39 bits per heavy atom. The van der Waals surface area contributed by atoms with E-state index >= 15 is 0 Å². The third kappa shape index (κ3) is 10.9. The first kappa shape index (κ1) is 35.1. The summed E-state index contributed by atoms with van der Waals surface area (Å²) in [7, 11) is 1.68. The number of nitrogens with one attached hydrogen (secondary N) is 1. The molecule has 1 saturated carbocycles. The molecule has 0 aromatic carbocycles. The normalized spacial score (nSPS) is 23.0. The van der Waals surface area contributed by atoms with Crippen molar-refractivity contribution in [3.63, 3.8) is 0 Å². The zero-order valence-electron chi connectivity index (χ0n) is 26.6. The van der Waals surface area contributed by atoms with Gasteiger partial charge in [0.1, 0.15) is 0 Å². The van der Waals surface area contributed by atoms with Crippen LogP contribution in [0.15, 0.2) is 11.3 Å². The smallest absolute Gasteiger partial charge is 0.418 e. The summed E-state index contributed by atoms with van der Waals surface area (Å²) in [4.78, 5) is 40.6. The van der Waals surface area contributed by atoms with E-state index in [2.05, 4.69) is 12.2 Å². The summed E-state index contributed by atoms with van der Waals surface area (Å²) in [5.74, 6) is -0.508. The summed E-state index contributed by atoms with van der Waals surface area (Å²) in [6.07, 6.45) is 19.9. The van der Waals surface area contributed by atoms with E-state index in [4.69, 9.17) is 14.2 Å². The molecule has 2 rings (SSSR count). The molecule has 0 bridgehead atoms. The van der Waals surface area contributed by atoms with Crippen molar-refractivity contribution >= 4 is 18.1 Å². The molecule has 0 saturated heterocycles. The lowest BCUT2D eigenvalue weighted by atomic mass is 9.68. The van der Waals surface area contributed by atoms with Crippen LogP contribution in [0.1, 0.15) is 137 Å². The quantitative estimate of drug-likeness (QED) is 0.122. The molecule has 4 atom stereocenters. The van der Waals surface area contributed by atoms with Crippen LogP contribution in [-0.4, -0.2) is 55.5 Å². The molecule has 0 aromatic heterocycles. The molecule has 3 amide bonds. The topological polar surface area (TPSA) is 94.2 Å². The number of carbonyl (C=O) groups excluding carboxylic acids is 3. The summed E-state index contributed by atoms with van der Waals surface area (Å²) in [6.45, 7) is 7.76. The van der Waals surface area contributed by atoms with Crippen LogP contribution in [-0.2, 0) is 19.0 Å². The highest BCUT2D eigenvalue weighted by molar-refractivity contribution is 6.00. The third-order valence-corrected chi connectivity index (χ3v) is 8.83. The Bertz CT molecular complexity index is 829. The molecule has 0 spiro atoms. The van der Waals surface area contributed by atoms with Gasteiger partial charge in [-0.3, -0.25) is 0 Å². The Labute approximate surface area is 249 Å². The molecule has 4 unspecified atom stereocenters. The van der Waals surface area contributed by atoms with E-state index in [-0.39, 0.29) is 31.2 Å². The number of methoxy groups -OCH3 is 1. The van der Waals surface area contributed by atoms with E-state index in [0.29, 0.717) is 11.3 Å². The van der Waals surface area contributed by atoms with Crippen LogP contribution in [0.4, 0.5) is 9.59 Å². The monoisotopic (exact) mass is 578 g/mol. The lowest BCUT2D eigenvalue weighted by Crippen LogP contribution is -2.61. The van der Waals surface area contributed by atoms with Crippen LogP contribution in [0, 0.1) is 11.8 Å². The Hall–Kier alpha value is -2.09. The van der Waals surface area contributed by atoms with Gasteiger partial charge in [-0.2, -0.15) is 0 Å². The summed E-state index contributed by atoms with van der Waals surface area (Å²) < 4.78 is 16.7. The molecule has 0 aromatic rings. The minimum atomic E-state index is -0.793. The summed E-state index contributed by atoms with van der Waals surface area (Å²) >= 11 is 0. The average molecular weight is 579 g/mol. The van der Waals surface area contributed by atoms with Crippen LogP contribution in [0.3, 0.4) is 0 Å². The Morgan fingerprint density at radius 1 is 0.829 bits per heavy atom. The fourth-order valence-electron chi connectivity index (χ4n) is 6.77. The zero-order chi connectivity index (χ0) is 30.0. The number of urea groups is 1. The van der Waals surface area contributed by atoms with Gasteiger partial charge in [-0.15, -0.1) is 0 Å². The predicted molar refractivity (Wildman–Crippen MR) is 162 cm³/mol. The lowest BCUT2D eigenvalue weighted by Gasteiger charge is -2.47. The maximum Gasteiger partial charge on any atom is 0.418 e. The number of ether oxygens (including phenoxy) is 3. The van der Waals surface area contributed by atoms with Crippen LogP contribution < -0.4 is 5.32 Å². The van der Waals surface area contributed by atoms with E-state index in [1.165, 1.54) is 77.0 Å². The molecule has 1 aliphatic heterocycles. The molecular weight excluding hydrogens is 520 g/mol. The maximum absolute atomic E-state index is 13.2. The van der Waals surface area contributed by atoms with Gasteiger partial charge in [0, 0.05) is 18.7 Å². The molecule has 8 heteroatoms. The number of hydrogen-bond donors (Lipinski definition) is 1. The standard InChI is InChI=1S/C33H58N2O6/c1-6-9-10-11-12-13-14-15-16-17-18-19-20-22-26-23-21-24-27(39-5)29(26)30-28(31(36)40-7-2)25(4)34-32(37)35(30)33(38)41-8-3/h26-27,29-30H,6-24H2,1-5H3,(H,34,37). The van der Waals surface area contributed by atoms with E-state index in [1.807, 2.05) is 0 Å². The fraction of sp³-hybridized carbons (Fsp3) is 0.848. The maximum atomic E-state index is 13.2. The molecule has 8 nitrogen and oxygen atoms in total. The highest BCUT2D eigenvalue weighted by Gasteiger charge is 2.51. The number of hydrogen-bond acceptors (Lipinski definition) is 6. The largest absolute Gasteiger partial charge is 0.463 e. The first-order chi connectivity index (χ1) is 19.9. The number of amides is 3. The second-order valence-corrected chi connectivity index (χ2v) is 11.8. The molecule has 0 radical (unpaired) electrons. The Morgan fingerprint density at radius 3 is 1.93 bits per heavy atom. The van der Waals surface area contributed by atoms with Gasteiger partial charge < -0.3 is 19.5 Å². The molecule has 236 valence electrons. The zero-order valence-corrected chi connectivity index (χ0v) is 26.6. The summed E-state index contributed by atoms with van der Waals surface area (Å²) in [6, 6.07) is -1.36. The molecular formula is C33H58N2O6. The number of imide groups is 1. The van der Waals surface area contributed by atoms with Gasteiger partial charge in [-0.05, 0) is 46.0 Å². The highest BCUT2D eigenvalue weighted by atomic mass is 16.6. The van der Waals surface area contributed by atoms with Crippen LogP contribution in [0.5, 0.6) is 0 Å². The Balaban J connectivity index is 2.04. The van der Waals surface area contributed by atoms with Gasteiger partial charge in [-0.1, -0.05) is 96.8 Å². The van der Waals surface area contributed by atoms with Crippen molar-refractivity contribution in [1.82, 2.24) is 10.2 Å². The molecule has 1 heterocycles. The van der Waals surface area contributed by atoms with Crippen molar-refractivity contribution < 1.29 is 28.6 Å². The van der Waals surface area contributed by atoms with E-state index < -0.39 is 24.1 Å². The number of carbonyl (C=O) groups is 3. The minimum Gasteiger partial charge on any atom is -0.463 e. The van der Waals surface area contributed by atoms with Crippen molar-refractivity contribution in [3.8, 4) is 0 Å². The SMILES string of the molecule is CCCCCCCCCCCCCCCC1CCCC(OC)C1C1C(C(=O)OCC)=C(C)NC(=O)N1C(=O)OCC. The molecule has 41 heavy (non-hydrogen) atoms. The van der Waals surface area contributed by atoms with Gasteiger partial charge in [0.25, 0.3) is 0 Å². The van der Waals surface area contributed by atoms with Crippen LogP contribution in [0.25, 0.3) is 0 Å². The third-order valence-electron chi connectivity index (χ3n) is 8.83. The number of rotatable bonds is 19. The first-order valence-electron chi connectivity index (χ1n) is 16.6. The van der Waals surface area contributed by atoms with E-state index in [1.54, 1.807) is 27.9 Å². The van der Waals surface area contributed by atoms with E-state index in [9.17, 15) is 14.4 Å². The molecule has 1 aliphatic carbocycles. The van der Waals surface area contributed by atoms with Crippen LogP contribution in [0.2, 0.25) is 0 Å². The number of esters is 1. The molecule has 1 fully saturated rings. The number of unbranched alkanes of at least 4 members (excludes halogenated alkanes) is 12. The number of allylic oxidation sites excluding steroid dienone is 1. The first-order valence-corrected chi connectivity index (χ1v) is 16.6. The fourth-order valence-corrected chi connectivity index (χ4v) is 6.77. The molecule has 2 aliphatic rings. The second kappa shape index (κ2) is 19.9. The van der Waals surface area contributed by atoms with Crippen molar-refractivity contribution in [3.05, 3.63) is 11.3 Å². The van der Waals surface area contributed by atoms with Crippen molar-refractivity contribution in [2.75, 3.05) is 20.3 Å². The van der Waals surface area contributed by atoms with Crippen LogP contribution >= 0.6 is 0 Å². The van der Waals surface area contributed by atoms with Gasteiger partial charge in [0.15, 0.2) is 0 Å². The van der Waals surface area contributed by atoms with E-state index in [0.717, 1.165) is 37.0 Å². The van der Waals surface area contributed by atoms with Crippen molar-refractivity contribution in [2.45, 2.75) is 149 Å². The highest BCUT2D eigenvalue weighted by Crippen LogP contribution is 2.43. The van der Waals surface area contributed by atoms with Gasteiger partial charge in [-0.25, -0.2) is 19.3 Å². The second-order valence-electron chi connectivity index (χ2n) is 11.8. The average Bonchev–Trinajstić information content (AvgIpc) is 2.95. The summed E-state index contributed by atoms with van der Waals surface area (Å²) in [5, 5.41) is 2.69. The summed E-state index contributed by atoms with van der Waals surface area (Å²) in [5.41, 5.74) is 0.753. The van der Waals surface area contributed by atoms with Gasteiger partial charge >= 0.3 is 18.1 Å². The lowest BCUT2D eigenvalue weighted by molar-refractivity contribution is -0.140. The number of nitrogens with zero attached hydrogens (tertiary/aromatic N) is 1. The van der Waals surface area contributed by atoms with Crippen molar-refractivity contribution in [2.24, 2.45) is 11.8 Å².